The first kappa shape index (κ1) is 29.6. The molecule has 1 unspecified atom stereocenters. The molecule has 0 radical (unpaired) electrons. The van der Waals surface area contributed by atoms with Gasteiger partial charge in [-0.3, -0.25) is 14.5 Å². The van der Waals surface area contributed by atoms with Crippen molar-refractivity contribution in [2.45, 2.75) is 90.2 Å². The summed E-state index contributed by atoms with van der Waals surface area (Å²) in [4.78, 5) is 30.8. The second-order valence-electron chi connectivity index (χ2n) is 11.3. The Kier molecular flexibility index (Phi) is 8.52. The SMILES string of the molecule is CCC1CCCCN1S(=O)(=O)c1ccc(C(=O)Nc2sc3c(c2C(=O)n2nc(C)cc2C)CCN(C(C)C)C3)cc1. The van der Waals surface area contributed by atoms with Gasteiger partial charge in [-0.2, -0.15) is 9.40 Å². The first-order chi connectivity index (χ1) is 19.5. The molecular weight excluding hydrogens is 558 g/mol. The summed E-state index contributed by atoms with van der Waals surface area (Å²) in [7, 11) is -3.65. The number of hydrogen-bond donors (Lipinski definition) is 1. The summed E-state index contributed by atoms with van der Waals surface area (Å²) < 4.78 is 29.8. The van der Waals surface area contributed by atoms with E-state index in [0.29, 0.717) is 41.7 Å². The molecule has 4 heterocycles. The number of aryl methyl sites for hydroxylation is 2. The van der Waals surface area contributed by atoms with E-state index in [-0.39, 0.29) is 22.8 Å². The molecule has 9 nitrogen and oxygen atoms in total. The first-order valence-corrected chi connectivity index (χ1v) is 16.7. The van der Waals surface area contributed by atoms with Gasteiger partial charge in [-0.05, 0) is 89.3 Å². The molecule has 11 heteroatoms. The van der Waals surface area contributed by atoms with E-state index in [9.17, 15) is 18.0 Å². The van der Waals surface area contributed by atoms with Crippen LogP contribution in [-0.2, 0) is 23.0 Å². The first-order valence-electron chi connectivity index (χ1n) is 14.4. The van der Waals surface area contributed by atoms with Gasteiger partial charge in [-0.15, -0.1) is 11.3 Å². The van der Waals surface area contributed by atoms with Gasteiger partial charge in [0, 0.05) is 47.9 Å². The Balaban J connectivity index is 1.43. The van der Waals surface area contributed by atoms with E-state index >= 15 is 0 Å². The van der Waals surface area contributed by atoms with Crippen molar-refractivity contribution in [2.24, 2.45) is 0 Å². The van der Waals surface area contributed by atoms with Crippen molar-refractivity contribution in [2.75, 3.05) is 18.4 Å². The normalized spacial score (nSPS) is 18.4. The van der Waals surface area contributed by atoms with Gasteiger partial charge in [-0.25, -0.2) is 13.1 Å². The third kappa shape index (κ3) is 5.77. The van der Waals surface area contributed by atoms with Crippen LogP contribution in [0.3, 0.4) is 0 Å². The lowest BCUT2D eigenvalue weighted by Gasteiger charge is -2.34. The maximum Gasteiger partial charge on any atom is 0.281 e. The summed E-state index contributed by atoms with van der Waals surface area (Å²) in [6.45, 7) is 12.1. The van der Waals surface area contributed by atoms with E-state index in [1.54, 1.807) is 16.4 Å². The van der Waals surface area contributed by atoms with Gasteiger partial charge < -0.3 is 5.32 Å². The molecule has 1 atom stereocenters. The Bertz CT molecular complexity index is 1560. The second-order valence-corrected chi connectivity index (χ2v) is 14.3. The fourth-order valence-electron chi connectivity index (χ4n) is 5.91. The quantitative estimate of drug-likeness (QED) is 0.400. The number of thiophene rings is 1. The second kappa shape index (κ2) is 11.8. The molecule has 2 aromatic heterocycles. The van der Waals surface area contributed by atoms with Gasteiger partial charge in [-0.1, -0.05) is 13.3 Å². The summed E-state index contributed by atoms with van der Waals surface area (Å²) in [6.07, 6.45) is 4.25. The van der Waals surface area contributed by atoms with E-state index in [1.807, 2.05) is 26.8 Å². The molecule has 5 rings (SSSR count). The Labute approximate surface area is 246 Å². The third-order valence-electron chi connectivity index (χ3n) is 8.23. The van der Waals surface area contributed by atoms with Gasteiger partial charge in [0.25, 0.3) is 11.8 Å². The molecule has 0 bridgehead atoms. The van der Waals surface area contributed by atoms with E-state index in [2.05, 4.69) is 29.2 Å². The maximum atomic E-state index is 13.8. The number of sulfonamides is 1. The minimum absolute atomic E-state index is 0.00590. The molecule has 2 aliphatic rings. The molecule has 1 N–H and O–H groups in total. The van der Waals surface area contributed by atoms with Crippen LogP contribution in [0.4, 0.5) is 5.00 Å². The summed E-state index contributed by atoms with van der Waals surface area (Å²) in [5, 5.41) is 7.89. The molecule has 2 aliphatic heterocycles. The number of carbonyl (C=O) groups is 2. The number of amides is 1. The largest absolute Gasteiger partial charge is 0.313 e. The zero-order valence-electron chi connectivity index (χ0n) is 24.4. The predicted octanol–water partition coefficient (Wildman–Crippen LogP) is 5.22. The highest BCUT2D eigenvalue weighted by Crippen LogP contribution is 2.38. The molecule has 41 heavy (non-hydrogen) atoms. The van der Waals surface area contributed by atoms with E-state index in [4.69, 9.17) is 0 Å². The maximum absolute atomic E-state index is 13.8. The Morgan fingerprint density at radius 1 is 1.12 bits per heavy atom. The minimum Gasteiger partial charge on any atom is -0.313 e. The van der Waals surface area contributed by atoms with E-state index in [0.717, 1.165) is 54.1 Å². The van der Waals surface area contributed by atoms with Gasteiger partial charge in [0.15, 0.2) is 0 Å². The summed E-state index contributed by atoms with van der Waals surface area (Å²) in [5.74, 6) is -0.644. The Morgan fingerprint density at radius 2 is 1.85 bits per heavy atom. The lowest BCUT2D eigenvalue weighted by Crippen LogP contribution is -2.43. The smallest absolute Gasteiger partial charge is 0.281 e. The third-order valence-corrected chi connectivity index (χ3v) is 11.3. The number of anilines is 1. The number of piperidine rings is 1. The van der Waals surface area contributed by atoms with Crippen molar-refractivity contribution in [1.82, 2.24) is 19.0 Å². The van der Waals surface area contributed by atoms with Gasteiger partial charge in [0.05, 0.1) is 16.2 Å². The highest BCUT2D eigenvalue weighted by atomic mass is 32.2. The lowest BCUT2D eigenvalue weighted by atomic mass is 10.0. The topological polar surface area (TPSA) is 105 Å². The lowest BCUT2D eigenvalue weighted by molar-refractivity contribution is 0.0941. The van der Waals surface area contributed by atoms with Gasteiger partial charge in [0.2, 0.25) is 10.0 Å². The Hall–Kier alpha value is -2.86. The molecule has 0 spiro atoms. The number of rotatable bonds is 7. The fraction of sp³-hybridized carbons (Fsp3) is 0.500. The zero-order valence-corrected chi connectivity index (χ0v) is 26.1. The van der Waals surface area contributed by atoms with Crippen molar-refractivity contribution in [3.05, 3.63) is 63.3 Å². The van der Waals surface area contributed by atoms with Crippen LogP contribution in [0.2, 0.25) is 0 Å². The molecule has 1 aromatic carbocycles. The summed E-state index contributed by atoms with van der Waals surface area (Å²) >= 11 is 1.43. The average molecular weight is 598 g/mol. The molecule has 220 valence electrons. The standard InChI is InChI=1S/C30H39N5O4S2/c1-6-23-9-7-8-15-34(23)41(38,39)24-12-10-22(11-13-24)28(36)31-29-27(30(37)35-21(5)17-20(4)32-35)25-14-16-33(19(2)3)18-26(25)40-29/h10-13,17,19,23H,6-9,14-16,18H2,1-5H3,(H,31,36). The molecule has 0 saturated carbocycles. The number of hydrogen-bond acceptors (Lipinski definition) is 7. The molecule has 1 amide bonds. The molecule has 0 aliphatic carbocycles. The van der Waals surface area contributed by atoms with Crippen LogP contribution in [0.1, 0.15) is 89.0 Å². The van der Waals surface area contributed by atoms with Crippen molar-refractivity contribution < 1.29 is 18.0 Å². The Morgan fingerprint density at radius 3 is 2.49 bits per heavy atom. The predicted molar refractivity (Wildman–Crippen MR) is 161 cm³/mol. The van der Waals surface area contributed by atoms with Crippen molar-refractivity contribution in [3.63, 3.8) is 0 Å². The van der Waals surface area contributed by atoms with Crippen LogP contribution in [0, 0.1) is 13.8 Å². The summed E-state index contributed by atoms with van der Waals surface area (Å²) in [6, 6.07) is 8.34. The summed E-state index contributed by atoms with van der Waals surface area (Å²) in [5.41, 5.74) is 3.27. The molecule has 1 saturated heterocycles. The van der Waals surface area contributed by atoms with Gasteiger partial charge in [0.1, 0.15) is 5.00 Å². The molecule has 1 fully saturated rings. The van der Waals surface area contributed by atoms with Crippen LogP contribution in [-0.4, -0.2) is 64.4 Å². The molecule has 3 aromatic rings. The number of nitrogens with one attached hydrogen (secondary N) is 1. The van der Waals surface area contributed by atoms with Crippen LogP contribution in [0.25, 0.3) is 0 Å². The monoisotopic (exact) mass is 597 g/mol. The minimum atomic E-state index is -3.65. The highest BCUT2D eigenvalue weighted by molar-refractivity contribution is 7.89. The van der Waals surface area contributed by atoms with Crippen LogP contribution < -0.4 is 5.32 Å². The number of carbonyl (C=O) groups excluding carboxylic acids is 2. The highest BCUT2D eigenvalue weighted by Gasteiger charge is 2.33. The fourth-order valence-corrected chi connectivity index (χ4v) is 8.93. The van der Waals surface area contributed by atoms with Gasteiger partial charge >= 0.3 is 0 Å². The number of aromatic nitrogens is 2. The molecular formula is C30H39N5O4S2. The van der Waals surface area contributed by atoms with Crippen LogP contribution in [0.15, 0.2) is 35.2 Å². The van der Waals surface area contributed by atoms with E-state index < -0.39 is 10.0 Å². The van der Waals surface area contributed by atoms with Crippen molar-refractivity contribution >= 4 is 38.2 Å². The van der Waals surface area contributed by atoms with Crippen molar-refractivity contribution in [1.29, 1.82) is 0 Å². The van der Waals surface area contributed by atoms with Crippen molar-refractivity contribution in [3.8, 4) is 0 Å². The van der Waals surface area contributed by atoms with Crippen LogP contribution >= 0.6 is 11.3 Å². The number of nitrogens with zero attached hydrogens (tertiary/aromatic N) is 4. The number of benzene rings is 1. The zero-order chi connectivity index (χ0) is 29.5. The van der Waals surface area contributed by atoms with Crippen LogP contribution in [0.5, 0.6) is 0 Å². The van der Waals surface area contributed by atoms with E-state index in [1.165, 1.54) is 28.2 Å². The average Bonchev–Trinajstić information content (AvgIpc) is 3.50. The number of fused-ring (bicyclic) bond motifs is 1.